The zero-order valence-corrected chi connectivity index (χ0v) is 29.9. The van der Waals surface area contributed by atoms with E-state index in [9.17, 15) is 10.7 Å². The molecule has 8 heteroatoms. The molecule has 11 rings (SSSR count). The third kappa shape index (κ3) is 4.15. The van der Waals surface area contributed by atoms with Crippen LogP contribution in [0.1, 0.15) is 5.56 Å². The predicted octanol–water partition coefficient (Wildman–Crippen LogP) is 10.1. The fourth-order valence-electron chi connectivity index (χ4n) is 7.71. The second-order valence-electron chi connectivity index (χ2n) is 12.6. The van der Waals surface area contributed by atoms with E-state index in [1.54, 1.807) is 45.3 Å². The van der Waals surface area contributed by atoms with Crippen molar-refractivity contribution in [3.8, 4) is 22.2 Å². The van der Waals surface area contributed by atoms with Crippen molar-refractivity contribution >= 4 is 88.4 Å². The lowest BCUT2D eigenvalue weighted by Gasteiger charge is -2.08. The van der Waals surface area contributed by atoms with Crippen LogP contribution in [0.25, 0.3) is 47.5 Å². The summed E-state index contributed by atoms with van der Waals surface area (Å²) in [5, 5.41) is 30.8. The van der Waals surface area contributed by atoms with E-state index in [4.69, 9.17) is 0 Å². The summed E-state index contributed by atoms with van der Waals surface area (Å²) in [6, 6.07) is 45.0. The number of hydrogen-bond donors (Lipinski definition) is 0. The highest BCUT2D eigenvalue weighted by molar-refractivity contribution is 7.28. The van der Waals surface area contributed by atoms with E-state index in [0.29, 0.717) is 5.57 Å². The quantitative estimate of drug-likeness (QED) is 0.132. The van der Waals surface area contributed by atoms with Crippen LogP contribution in [0.3, 0.4) is 0 Å². The topological polar surface area (TPSA) is 54.0 Å². The molecule has 9 aromatic rings. The number of nitrogens with zero attached hydrogens (tertiary/aromatic N) is 4. The van der Waals surface area contributed by atoms with Crippen LogP contribution in [-0.4, -0.2) is 10.3 Å². The van der Waals surface area contributed by atoms with E-state index in [-0.39, 0.29) is 5.71 Å². The van der Waals surface area contributed by atoms with Crippen LogP contribution in [0, 0.1) is 40.6 Å². The Balaban J connectivity index is 1.11. The molecule has 0 fully saturated rings. The molecule has 0 amide bonds. The number of nitriles is 1. The summed E-state index contributed by atoms with van der Waals surface area (Å²) >= 11 is 7.14. The minimum atomic E-state index is -0.261. The molecule has 0 spiro atoms. The van der Waals surface area contributed by atoms with Gasteiger partial charge in [0, 0.05) is 39.4 Å². The van der Waals surface area contributed by atoms with Crippen molar-refractivity contribution in [1.29, 1.82) is 5.26 Å². The molecule has 0 atom stereocenters. The minimum Gasteiger partial charge on any atom is -0.794 e. The van der Waals surface area contributed by atoms with Gasteiger partial charge in [0.25, 0.3) is 0 Å². The van der Waals surface area contributed by atoms with Crippen LogP contribution in [0.5, 0.6) is 0 Å². The normalized spacial score (nSPS) is 13.4. The number of rotatable bonds is 4. The molecule has 0 bridgehead atoms. The lowest BCUT2D eigenvalue weighted by atomic mass is 10.0. The first-order valence-corrected chi connectivity index (χ1v) is 19.8. The Morgan fingerprint density at radius 1 is 0.686 bits per heavy atom. The maximum absolute atomic E-state index is 11.2. The molecule has 238 valence electrons. The van der Waals surface area contributed by atoms with Crippen molar-refractivity contribution in [2.45, 2.75) is 0 Å². The SMILES string of the molecule is N#CC(=[N-])C1=c2cc(-c3cc4c(s3)c3sccc3n4-c3ccccc3)ccc2=c2cc/c(=c3/cc4c(s3)=c3sccc3=[N+]4c3ccccc3)cc21. The maximum Gasteiger partial charge on any atom is 0.232 e. The molecule has 0 radical (unpaired) electrons. The summed E-state index contributed by atoms with van der Waals surface area (Å²) in [7, 11) is 0. The Kier molecular flexibility index (Phi) is 6.22. The van der Waals surface area contributed by atoms with Gasteiger partial charge in [0.05, 0.1) is 26.5 Å². The van der Waals surface area contributed by atoms with Crippen LogP contribution in [0.2, 0.25) is 0 Å². The molecule has 51 heavy (non-hydrogen) atoms. The van der Waals surface area contributed by atoms with Gasteiger partial charge in [-0.2, -0.15) is 9.84 Å². The van der Waals surface area contributed by atoms with Crippen molar-refractivity contribution in [3.63, 3.8) is 0 Å². The summed E-state index contributed by atoms with van der Waals surface area (Å²) in [6.07, 6.45) is 0. The number of hydrogen-bond acceptors (Lipinski definition) is 5. The third-order valence-electron chi connectivity index (χ3n) is 9.90. The van der Waals surface area contributed by atoms with Crippen LogP contribution < -0.4 is 15.2 Å². The average molecular weight is 723 g/mol. The minimum absolute atomic E-state index is 0.261. The number of para-hydroxylation sites is 2. The number of benzene rings is 4. The fourth-order valence-corrected chi connectivity index (χ4v) is 12.1. The molecule has 1 aliphatic heterocycles. The highest BCUT2D eigenvalue weighted by Crippen LogP contribution is 2.43. The van der Waals surface area contributed by atoms with Crippen LogP contribution in [0.15, 0.2) is 132 Å². The standard InChI is InChI=1S/C43H22N4S4/c44-23-32(45)39-30-19-24(37-21-35-42(50-37)40-33(15-17-48-40)46(35)26-7-3-1-4-8-26)11-13-28(30)29-14-12-25(20-31(29)39)38-22-36-43(51-38)41-34(16-18-49-41)47(36)27-9-5-2-6-10-27/h1-22H. The lowest BCUT2D eigenvalue weighted by molar-refractivity contribution is 1.00. The first-order chi connectivity index (χ1) is 25.2. The molecule has 0 saturated heterocycles. The van der Waals surface area contributed by atoms with Crippen LogP contribution in [-0.2, 0) is 0 Å². The molecular formula is C43H22N4S4. The van der Waals surface area contributed by atoms with E-state index in [1.165, 1.54) is 40.5 Å². The Morgan fingerprint density at radius 2 is 1.49 bits per heavy atom. The van der Waals surface area contributed by atoms with E-state index in [1.807, 2.05) is 12.1 Å². The monoisotopic (exact) mass is 722 g/mol. The smallest absolute Gasteiger partial charge is 0.232 e. The van der Waals surface area contributed by atoms with Gasteiger partial charge in [0.15, 0.2) is 0 Å². The van der Waals surface area contributed by atoms with Gasteiger partial charge < -0.3 is 9.98 Å². The zero-order valence-electron chi connectivity index (χ0n) is 26.6. The molecule has 4 aromatic carbocycles. The molecular weight excluding hydrogens is 701 g/mol. The highest BCUT2D eigenvalue weighted by atomic mass is 32.1. The van der Waals surface area contributed by atoms with E-state index in [0.717, 1.165) is 52.8 Å². The van der Waals surface area contributed by atoms with Gasteiger partial charge in [-0.25, -0.2) is 0 Å². The van der Waals surface area contributed by atoms with Crippen LogP contribution >= 0.6 is 45.3 Å². The van der Waals surface area contributed by atoms with Crippen molar-refractivity contribution in [3.05, 3.63) is 183 Å². The third-order valence-corrected chi connectivity index (χ3v) is 14.4. The zero-order chi connectivity index (χ0) is 33.8. The first-order valence-electron chi connectivity index (χ1n) is 16.4. The van der Waals surface area contributed by atoms with Crippen LogP contribution in [0.4, 0.5) is 11.4 Å². The van der Waals surface area contributed by atoms with Gasteiger partial charge in [0.1, 0.15) is 9.06 Å². The van der Waals surface area contributed by atoms with Crippen molar-refractivity contribution < 1.29 is 0 Å². The fraction of sp³-hybridized carbons (Fsp3) is 0. The largest absolute Gasteiger partial charge is 0.794 e. The Morgan fingerprint density at radius 3 is 2.33 bits per heavy atom. The van der Waals surface area contributed by atoms with Gasteiger partial charge in [0.2, 0.25) is 16.7 Å². The Labute approximate surface area is 306 Å². The van der Waals surface area contributed by atoms with Gasteiger partial charge in [-0.05, 0) is 84.7 Å². The summed E-state index contributed by atoms with van der Waals surface area (Å²) in [5.41, 5.74) is 8.18. The van der Waals surface area contributed by atoms with Gasteiger partial charge in [-0.1, -0.05) is 66.4 Å². The van der Waals surface area contributed by atoms with Crippen molar-refractivity contribution in [2.75, 3.05) is 0 Å². The Hall–Kier alpha value is -5.69. The summed E-state index contributed by atoms with van der Waals surface area (Å²) in [6.45, 7) is 0. The molecule has 5 aromatic heterocycles. The van der Waals surface area contributed by atoms with Gasteiger partial charge in [-0.3, -0.25) is 0 Å². The first kappa shape index (κ1) is 29.1. The maximum atomic E-state index is 11.2. The van der Waals surface area contributed by atoms with Crippen molar-refractivity contribution in [2.24, 2.45) is 0 Å². The Bertz CT molecular complexity index is 3450. The second kappa shape index (κ2) is 10.9. The summed E-state index contributed by atoms with van der Waals surface area (Å²) < 4.78 is 11.0. The van der Waals surface area contributed by atoms with E-state index in [2.05, 4.69) is 135 Å². The molecule has 1 aliphatic carbocycles. The number of fused-ring (bicyclic) bond motifs is 7. The van der Waals surface area contributed by atoms with Gasteiger partial charge >= 0.3 is 0 Å². The summed E-state index contributed by atoms with van der Waals surface area (Å²) in [5.74, 6) is 0. The molecule has 0 N–H and O–H groups in total. The predicted molar refractivity (Wildman–Crippen MR) is 213 cm³/mol. The van der Waals surface area contributed by atoms with Gasteiger partial charge in [-0.15, -0.1) is 45.3 Å². The molecule has 0 unspecified atom stereocenters. The molecule has 0 saturated carbocycles. The lowest BCUT2D eigenvalue weighted by Crippen LogP contribution is -2.16. The second-order valence-corrected chi connectivity index (χ2v) is 16.6. The van der Waals surface area contributed by atoms with E-state index >= 15 is 0 Å². The number of aromatic nitrogens is 1. The molecule has 6 heterocycles. The van der Waals surface area contributed by atoms with Crippen molar-refractivity contribution in [1.82, 2.24) is 9.14 Å². The molecule has 2 aliphatic rings. The average Bonchev–Trinajstić information content (AvgIpc) is 4.02. The highest BCUT2D eigenvalue weighted by Gasteiger charge is 2.26. The molecule has 4 nitrogen and oxygen atoms in total. The number of thiophene rings is 4. The van der Waals surface area contributed by atoms with E-state index < -0.39 is 0 Å². The summed E-state index contributed by atoms with van der Waals surface area (Å²) in [4.78, 5) is 1.15.